The van der Waals surface area contributed by atoms with Gasteiger partial charge in [0, 0.05) is 0 Å². The van der Waals surface area contributed by atoms with E-state index in [1.54, 1.807) is 0 Å². The fourth-order valence-electron chi connectivity index (χ4n) is 2.94. The Bertz CT molecular complexity index is 296. The summed E-state index contributed by atoms with van der Waals surface area (Å²) in [5.41, 5.74) is 0.340. The van der Waals surface area contributed by atoms with Gasteiger partial charge >= 0.3 is 16.8 Å². The van der Waals surface area contributed by atoms with Gasteiger partial charge in [0.25, 0.3) is 0 Å². The van der Waals surface area contributed by atoms with Gasteiger partial charge < -0.3 is 15.2 Å². The van der Waals surface area contributed by atoms with Gasteiger partial charge in [-0.05, 0) is 19.6 Å². The maximum absolute atomic E-state index is 4.97. The van der Waals surface area contributed by atoms with Crippen LogP contribution in [-0.2, 0) is 16.8 Å². The molecule has 0 radical (unpaired) electrons. The molecule has 3 nitrogen and oxygen atoms in total. The first-order chi connectivity index (χ1) is 9.91. The van der Waals surface area contributed by atoms with E-state index < -0.39 is 8.24 Å². The Labute approximate surface area is 165 Å². The van der Waals surface area contributed by atoms with Crippen molar-refractivity contribution in [2.45, 2.75) is 105 Å². The Morgan fingerprint density at radius 1 is 0.750 bits per heavy atom. The van der Waals surface area contributed by atoms with Gasteiger partial charge in [-0.1, -0.05) is 97.1 Å². The minimum absolute atomic E-state index is 0. The molecule has 0 spiro atoms. The first kappa shape index (κ1) is 29.4. The molecule has 0 aromatic heterocycles. The van der Waals surface area contributed by atoms with Crippen LogP contribution in [0.4, 0.5) is 0 Å². The van der Waals surface area contributed by atoms with E-state index in [4.69, 9.17) is 4.98 Å². The van der Waals surface area contributed by atoms with E-state index in [-0.39, 0.29) is 33.4 Å². The zero-order chi connectivity index (χ0) is 19.1. The molecule has 5 heteroatoms. The molecule has 0 aromatic rings. The van der Waals surface area contributed by atoms with Crippen LogP contribution in [0.1, 0.15) is 69.2 Å². The largest absolute Gasteiger partial charge is 3.00 e. The number of hydrogen-bond acceptors (Lipinski definition) is 1. The third-order valence-electron chi connectivity index (χ3n) is 2.81. The van der Waals surface area contributed by atoms with Gasteiger partial charge in [-0.3, -0.25) is 0 Å². The molecule has 0 N–H and O–H groups in total. The van der Waals surface area contributed by atoms with Gasteiger partial charge in [-0.2, -0.15) is 0 Å². The van der Waals surface area contributed by atoms with Crippen LogP contribution in [0.5, 0.6) is 0 Å². The van der Waals surface area contributed by atoms with Crippen LogP contribution in [-0.4, -0.2) is 49.4 Å². The zero-order valence-electron chi connectivity index (χ0n) is 18.8. The van der Waals surface area contributed by atoms with Crippen molar-refractivity contribution in [1.29, 1.82) is 0 Å². The Balaban J connectivity index is -0.000000385. The second-order valence-corrected chi connectivity index (χ2v) is 14.6. The summed E-state index contributed by atoms with van der Waals surface area (Å²) in [6.45, 7) is 31.9. The number of likely N-dealkylation sites (N-methyl/N-ethyl adjacent to an activating group) is 1. The van der Waals surface area contributed by atoms with Crippen LogP contribution in [0.15, 0.2) is 0 Å². The van der Waals surface area contributed by atoms with Crippen molar-refractivity contribution < 1.29 is 16.8 Å². The molecule has 0 saturated carbocycles. The van der Waals surface area contributed by atoms with E-state index in [2.05, 4.69) is 99.1 Å². The van der Waals surface area contributed by atoms with Crippen LogP contribution >= 0.6 is 0 Å². The average molecular weight is 403 g/mol. The van der Waals surface area contributed by atoms with E-state index >= 15 is 0 Å². The minimum atomic E-state index is -1.29. The Morgan fingerprint density at radius 3 is 1.25 bits per heavy atom. The van der Waals surface area contributed by atoms with E-state index in [0.29, 0.717) is 0 Å². The molecule has 0 aromatic carbocycles. The third kappa shape index (κ3) is 22.6. The first-order valence-electron chi connectivity index (χ1n) is 9.11. The van der Waals surface area contributed by atoms with Crippen LogP contribution in [0.2, 0.25) is 19.6 Å². The standard InChI is InChI=1S/C11H27N2Si.C8H18N.Co/c1-8-13(9-2)10-11(3,4)12-14(5,6)7;1-7(2,3)9-8(4,5)6;/h8-10H2,1-7H3;1-6H3;/q2*-1;+3. The molecule has 0 bridgehead atoms. The molecule has 0 fully saturated rings. The van der Waals surface area contributed by atoms with Gasteiger partial charge in [-0.15, -0.1) is 16.6 Å². The van der Waals surface area contributed by atoms with Gasteiger partial charge in [0.1, 0.15) is 0 Å². The number of nitrogens with zero attached hydrogens (tertiary/aromatic N) is 3. The summed E-state index contributed by atoms with van der Waals surface area (Å²) in [4.78, 5) is 7.42. The predicted octanol–water partition coefficient (Wildman–Crippen LogP) is 6.27. The van der Waals surface area contributed by atoms with Crippen molar-refractivity contribution in [2.24, 2.45) is 0 Å². The molecule has 0 atom stereocenters. The monoisotopic (exact) mass is 402 g/mol. The Hall–Kier alpha value is 0.603. The number of rotatable bonds is 6. The van der Waals surface area contributed by atoms with Gasteiger partial charge in [0.15, 0.2) is 0 Å². The summed E-state index contributed by atoms with van der Waals surface area (Å²) >= 11 is 0. The van der Waals surface area contributed by atoms with Crippen LogP contribution in [0.25, 0.3) is 10.3 Å². The topological polar surface area (TPSA) is 31.4 Å². The maximum atomic E-state index is 4.97. The summed E-state index contributed by atoms with van der Waals surface area (Å²) in [5.74, 6) is 0. The van der Waals surface area contributed by atoms with Crippen LogP contribution in [0.3, 0.4) is 0 Å². The SMILES string of the molecule is CC(C)(C)[N-]C(C)(C)C.CCN(CC)CC(C)(C)[N-][Si](C)(C)C.[Co+3]. The van der Waals surface area contributed by atoms with E-state index in [0.717, 1.165) is 19.6 Å². The molecule has 0 heterocycles. The second kappa shape index (κ2) is 11.3. The quantitative estimate of drug-likeness (QED) is 0.482. The van der Waals surface area contributed by atoms with Crippen molar-refractivity contribution >= 4 is 8.24 Å². The number of hydrogen-bond donors (Lipinski definition) is 0. The maximum Gasteiger partial charge on any atom is 3.00 e. The first-order valence-corrected chi connectivity index (χ1v) is 12.6. The predicted molar refractivity (Wildman–Crippen MR) is 111 cm³/mol. The molecular formula is C19H45CoN3Si+. The summed E-state index contributed by atoms with van der Waals surface area (Å²) in [6.07, 6.45) is 0. The van der Waals surface area contributed by atoms with E-state index in [1.807, 2.05) is 0 Å². The fraction of sp³-hybridized carbons (Fsp3) is 1.00. The van der Waals surface area contributed by atoms with Crippen LogP contribution in [0, 0.1) is 0 Å². The average Bonchev–Trinajstić information content (AvgIpc) is 2.17. The summed E-state index contributed by atoms with van der Waals surface area (Å²) in [7, 11) is -1.29. The van der Waals surface area contributed by atoms with Gasteiger partial charge in [0.05, 0.1) is 0 Å². The molecule has 0 saturated heterocycles. The van der Waals surface area contributed by atoms with Gasteiger partial charge in [-0.25, -0.2) is 0 Å². The Morgan fingerprint density at radius 2 is 1.08 bits per heavy atom. The molecule has 0 unspecified atom stereocenters. The molecule has 0 aliphatic rings. The van der Waals surface area contributed by atoms with Crippen molar-refractivity contribution in [3.63, 3.8) is 0 Å². The van der Waals surface area contributed by atoms with E-state index in [9.17, 15) is 0 Å². The molecule has 0 amide bonds. The summed E-state index contributed by atoms with van der Waals surface area (Å²) in [6, 6.07) is 0. The van der Waals surface area contributed by atoms with E-state index in [1.165, 1.54) is 0 Å². The molecular weight excluding hydrogens is 357 g/mol. The Kier molecular flexibility index (Phi) is 13.9. The molecule has 0 rings (SSSR count). The van der Waals surface area contributed by atoms with Crippen molar-refractivity contribution in [2.75, 3.05) is 19.6 Å². The molecule has 24 heavy (non-hydrogen) atoms. The van der Waals surface area contributed by atoms with Crippen molar-refractivity contribution in [3.8, 4) is 0 Å². The molecule has 0 aliphatic carbocycles. The van der Waals surface area contributed by atoms with Gasteiger partial charge in [0.2, 0.25) is 0 Å². The smallest absolute Gasteiger partial charge is 0.659 e. The summed E-state index contributed by atoms with van der Waals surface area (Å²) < 4.78 is 0. The van der Waals surface area contributed by atoms with Crippen LogP contribution < -0.4 is 0 Å². The van der Waals surface area contributed by atoms with Crippen molar-refractivity contribution in [3.05, 3.63) is 10.3 Å². The summed E-state index contributed by atoms with van der Waals surface area (Å²) in [5, 5.41) is 4.54. The third-order valence-corrected chi connectivity index (χ3v) is 4.09. The molecule has 0 aliphatic heterocycles. The minimum Gasteiger partial charge on any atom is -0.659 e. The molecule has 148 valence electrons. The fourth-order valence-corrected chi connectivity index (χ4v) is 4.83. The second-order valence-electron chi connectivity index (χ2n) is 10.0. The van der Waals surface area contributed by atoms with Crippen molar-refractivity contribution in [1.82, 2.24) is 4.90 Å². The zero-order valence-corrected chi connectivity index (χ0v) is 20.8. The normalized spacial score (nSPS) is 13.2.